The minimum atomic E-state index is -0.478. The second-order valence-electron chi connectivity index (χ2n) is 17.1. The highest BCUT2D eigenvalue weighted by Crippen LogP contribution is 2.65. The van der Waals surface area contributed by atoms with Gasteiger partial charge in [-0.05, 0) is 127 Å². The van der Waals surface area contributed by atoms with Crippen LogP contribution >= 0.6 is 23.5 Å². The van der Waals surface area contributed by atoms with Crippen molar-refractivity contribution in [3.8, 4) is 22.3 Å². The van der Waals surface area contributed by atoms with Gasteiger partial charge in [-0.25, -0.2) is 0 Å². The van der Waals surface area contributed by atoms with Crippen molar-refractivity contribution < 1.29 is 0 Å². The highest BCUT2D eigenvalue weighted by molar-refractivity contribution is 7.99. The van der Waals surface area contributed by atoms with E-state index in [1.807, 2.05) is 23.5 Å². The first kappa shape index (κ1) is 35.5. The normalized spacial score (nSPS) is 14.8. The lowest BCUT2D eigenvalue weighted by Crippen LogP contribution is -2.32. The van der Waals surface area contributed by atoms with E-state index >= 15 is 0 Å². The molecule has 0 unspecified atom stereocenters. The number of rotatable bonds is 3. The Hall–Kier alpha value is -7.04. The monoisotopic (exact) mass is 835 g/mol. The lowest BCUT2D eigenvalue weighted by atomic mass is 9.67. The van der Waals surface area contributed by atoms with Crippen molar-refractivity contribution in [2.45, 2.75) is 30.4 Å². The molecule has 4 aliphatic rings. The Labute approximate surface area is 375 Å². The second-order valence-corrected chi connectivity index (χ2v) is 19.2. The Balaban J connectivity index is 1.05. The van der Waals surface area contributed by atoms with Gasteiger partial charge >= 0.3 is 0 Å². The Morgan fingerprint density at radius 2 is 0.698 bits per heavy atom. The van der Waals surface area contributed by atoms with Crippen LogP contribution in [0.2, 0.25) is 0 Å². The van der Waals surface area contributed by atoms with Crippen LogP contribution in [0.1, 0.15) is 44.5 Å². The lowest BCUT2D eigenvalue weighted by molar-refractivity contribution is 0.722. The number of hydrogen-bond acceptors (Lipinski definition) is 3. The zero-order valence-electron chi connectivity index (χ0n) is 34.1. The van der Waals surface area contributed by atoms with Gasteiger partial charge in [-0.1, -0.05) is 193 Å². The highest BCUT2D eigenvalue weighted by atomic mass is 32.2. The first-order valence-corrected chi connectivity index (χ1v) is 23.4. The van der Waals surface area contributed by atoms with Crippen LogP contribution in [-0.2, 0) is 10.8 Å². The van der Waals surface area contributed by atoms with Crippen molar-refractivity contribution in [3.63, 3.8) is 0 Å². The second kappa shape index (κ2) is 13.2. The number of hydrogen-bond donors (Lipinski definition) is 0. The zero-order chi connectivity index (χ0) is 41.3. The molecule has 2 spiro atoms. The summed E-state index contributed by atoms with van der Waals surface area (Å²) in [6.07, 6.45) is 0. The van der Waals surface area contributed by atoms with Gasteiger partial charge in [-0.15, -0.1) is 0 Å². The smallest absolute Gasteiger partial charge is 0.0736 e. The van der Waals surface area contributed by atoms with Gasteiger partial charge in [0.15, 0.2) is 0 Å². The summed E-state index contributed by atoms with van der Waals surface area (Å²) in [4.78, 5) is 7.79. The molecule has 63 heavy (non-hydrogen) atoms. The van der Waals surface area contributed by atoms with Gasteiger partial charge in [0, 0.05) is 36.3 Å². The molecule has 0 saturated heterocycles. The fourth-order valence-corrected chi connectivity index (χ4v) is 14.2. The van der Waals surface area contributed by atoms with Gasteiger partial charge in [-0.2, -0.15) is 0 Å². The molecule has 3 heteroatoms. The number of nitrogens with zero attached hydrogens (tertiary/aromatic N) is 1. The minimum absolute atomic E-state index is 0.432. The average Bonchev–Trinajstić information content (AvgIpc) is 3.79. The SMILES string of the molecule is c1ccc2c(c1)Sc1ccccc1C21c2ccccc2-c2cc(N(c3ccc4c(c3)C3(c5ccccc5Sc5ccccc53)c3ccccc3-4)c3cccc4ccccc34)ccc21. The Kier molecular flexibility index (Phi) is 7.47. The quantitative estimate of drug-likeness (QED) is 0.175. The Morgan fingerprint density at radius 3 is 1.30 bits per heavy atom. The maximum atomic E-state index is 2.53. The van der Waals surface area contributed by atoms with Gasteiger partial charge in [0.25, 0.3) is 0 Å². The molecular formula is C60H37NS2. The maximum Gasteiger partial charge on any atom is 0.0736 e. The minimum Gasteiger partial charge on any atom is -0.310 e. The average molecular weight is 836 g/mol. The lowest BCUT2D eigenvalue weighted by Gasteiger charge is -2.40. The Morgan fingerprint density at radius 1 is 0.286 bits per heavy atom. The molecule has 2 aliphatic heterocycles. The summed E-state index contributed by atoms with van der Waals surface area (Å²) >= 11 is 3.79. The molecule has 14 rings (SSSR count). The van der Waals surface area contributed by atoms with Crippen LogP contribution < -0.4 is 4.90 Å². The molecule has 294 valence electrons. The third kappa shape index (κ3) is 4.66. The van der Waals surface area contributed by atoms with Crippen molar-refractivity contribution >= 4 is 51.4 Å². The van der Waals surface area contributed by atoms with E-state index in [2.05, 4.69) is 229 Å². The molecule has 0 radical (unpaired) electrons. The van der Waals surface area contributed by atoms with Crippen molar-refractivity contribution in [2.24, 2.45) is 0 Å². The summed E-state index contributed by atoms with van der Waals surface area (Å²) in [7, 11) is 0. The topological polar surface area (TPSA) is 3.24 Å². The molecule has 0 N–H and O–H groups in total. The van der Waals surface area contributed by atoms with E-state index in [0.717, 1.165) is 17.1 Å². The predicted molar refractivity (Wildman–Crippen MR) is 261 cm³/mol. The summed E-state index contributed by atoms with van der Waals surface area (Å²) < 4.78 is 0. The van der Waals surface area contributed by atoms with Crippen molar-refractivity contribution in [3.05, 3.63) is 269 Å². The van der Waals surface area contributed by atoms with E-state index in [1.54, 1.807) is 0 Å². The number of anilines is 3. The van der Waals surface area contributed by atoms with Crippen LogP contribution in [0.3, 0.4) is 0 Å². The molecule has 0 bridgehead atoms. The highest BCUT2D eigenvalue weighted by Gasteiger charge is 2.52. The van der Waals surface area contributed by atoms with Gasteiger partial charge < -0.3 is 4.90 Å². The zero-order valence-corrected chi connectivity index (χ0v) is 35.8. The summed E-state index contributed by atoms with van der Waals surface area (Å²) in [5, 5.41) is 2.43. The van der Waals surface area contributed by atoms with Gasteiger partial charge in [0.2, 0.25) is 0 Å². The van der Waals surface area contributed by atoms with Gasteiger partial charge in [-0.3, -0.25) is 0 Å². The van der Waals surface area contributed by atoms with E-state index in [9.17, 15) is 0 Å². The maximum absolute atomic E-state index is 2.53. The largest absolute Gasteiger partial charge is 0.310 e. The molecule has 2 heterocycles. The molecule has 2 aliphatic carbocycles. The summed E-state index contributed by atoms with van der Waals surface area (Å²) in [5.41, 5.74) is 18.4. The van der Waals surface area contributed by atoms with Crippen LogP contribution in [0.15, 0.2) is 244 Å². The molecule has 0 saturated carbocycles. The predicted octanol–water partition coefficient (Wildman–Crippen LogP) is 16.0. The number of benzene rings is 10. The van der Waals surface area contributed by atoms with Crippen LogP contribution in [0.5, 0.6) is 0 Å². The fraction of sp³-hybridized carbons (Fsp3) is 0.0333. The van der Waals surface area contributed by atoms with Crippen LogP contribution in [0, 0.1) is 0 Å². The van der Waals surface area contributed by atoms with Crippen molar-refractivity contribution in [1.29, 1.82) is 0 Å². The van der Waals surface area contributed by atoms with Gasteiger partial charge in [0.1, 0.15) is 0 Å². The molecule has 0 fully saturated rings. The summed E-state index contributed by atoms with van der Waals surface area (Å²) in [6.45, 7) is 0. The molecule has 0 amide bonds. The molecular weight excluding hydrogens is 799 g/mol. The first-order valence-electron chi connectivity index (χ1n) is 21.7. The van der Waals surface area contributed by atoms with E-state index in [0.29, 0.717) is 0 Å². The van der Waals surface area contributed by atoms with E-state index < -0.39 is 10.8 Å². The summed E-state index contributed by atoms with van der Waals surface area (Å²) in [5.74, 6) is 0. The molecule has 1 nitrogen and oxygen atoms in total. The van der Waals surface area contributed by atoms with Crippen LogP contribution in [0.25, 0.3) is 33.0 Å². The molecule has 10 aromatic rings. The molecule has 10 aromatic carbocycles. The van der Waals surface area contributed by atoms with Crippen LogP contribution in [0.4, 0.5) is 17.1 Å². The standard InChI is InChI=1S/C60H37NS2/c1-2-18-41-38(16-1)17-15-27-54(41)61(39-33-35-48-45(36-39)43-20-4-6-22-47(43)59(48)49-23-7-11-28-55(49)62-56-29-12-8-24-50(56)59)40-32-34-44-42-19-3-5-21-46(42)60(53(44)37-40)51-25-9-13-30-57(51)63-58-31-14-10-26-52(58)60/h1-37H. The van der Waals surface area contributed by atoms with E-state index in [4.69, 9.17) is 0 Å². The fourth-order valence-electron chi connectivity index (χ4n) is 11.8. The summed E-state index contributed by atoms with van der Waals surface area (Å²) in [6, 6.07) is 84.7. The van der Waals surface area contributed by atoms with Crippen LogP contribution in [-0.4, -0.2) is 0 Å². The number of fused-ring (bicyclic) bond motifs is 19. The third-order valence-corrected chi connectivity index (χ3v) is 16.5. The molecule has 0 atom stereocenters. The Bertz CT molecular complexity index is 3470. The van der Waals surface area contributed by atoms with Crippen molar-refractivity contribution in [1.82, 2.24) is 0 Å². The van der Waals surface area contributed by atoms with E-state index in [1.165, 1.54) is 97.1 Å². The van der Waals surface area contributed by atoms with Gasteiger partial charge in [0.05, 0.1) is 16.5 Å². The molecule has 0 aromatic heterocycles. The first-order chi connectivity index (χ1) is 31.2. The third-order valence-electron chi connectivity index (χ3n) is 14.2. The van der Waals surface area contributed by atoms with Crippen molar-refractivity contribution in [2.75, 3.05) is 4.90 Å². The van der Waals surface area contributed by atoms with E-state index in [-0.39, 0.29) is 0 Å².